The molecule has 1 amide bonds. The number of anilines is 2. The van der Waals surface area contributed by atoms with Gasteiger partial charge in [0.1, 0.15) is 0 Å². The van der Waals surface area contributed by atoms with E-state index >= 15 is 0 Å². The van der Waals surface area contributed by atoms with E-state index in [9.17, 15) is 4.79 Å². The van der Waals surface area contributed by atoms with E-state index in [2.05, 4.69) is 43.5 Å². The highest BCUT2D eigenvalue weighted by atomic mass is 35.5. The molecule has 23 heavy (non-hydrogen) atoms. The Kier molecular flexibility index (Phi) is 5.67. The van der Waals surface area contributed by atoms with E-state index in [0.29, 0.717) is 18.0 Å². The van der Waals surface area contributed by atoms with Crippen LogP contribution in [-0.4, -0.2) is 12.5 Å². The third-order valence-electron chi connectivity index (χ3n) is 3.51. The van der Waals surface area contributed by atoms with Crippen LogP contribution >= 0.6 is 11.6 Å². The van der Waals surface area contributed by atoms with Gasteiger partial charge in [0, 0.05) is 29.4 Å². The van der Waals surface area contributed by atoms with Gasteiger partial charge in [-0.2, -0.15) is 0 Å². The average Bonchev–Trinajstić information content (AvgIpc) is 2.46. The molecule has 122 valence electrons. The van der Waals surface area contributed by atoms with Gasteiger partial charge in [0.15, 0.2) is 0 Å². The molecule has 3 nitrogen and oxygen atoms in total. The van der Waals surface area contributed by atoms with Crippen LogP contribution in [0.25, 0.3) is 0 Å². The van der Waals surface area contributed by atoms with E-state index in [4.69, 9.17) is 11.6 Å². The molecule has 0 fully saturated rings. The Morgan fingerprint density at radius 1 is 1.09 bits per heavy atom. The first-order valence-corrected chi connectivity index (χ1v) is 8.13. The number of hydrogen-bond donors (Lipinski definition) is 2. The van der Waals surface area contributed by atoms with Crippen molar-refractivity contribution in [2.45, 2.75) is 32.6 Å². The van der Waals surface area contributed by atoms with Crippen molar-refractivity contribution in [3.8, 4) is 0 Å². The van der Waals surface area contributed by atoms with Gasteiger partial charge in [-0.1, -0.05) is 56.6 Å². The highest BCUT2D eigenvalue weighted by molar-refractivity contribution is 6.30. The van der Waals surface area contributed by atoms with Crippen molar-refractivity contribution < 1.29 is 4.79 Å². The van der Waals surface area contributed by atoms with Crippen LogP contribution in [-0.2, 0) is 10.2 Å². The molecule has 2 rings (SSSR count). The molecule has 0 radical (unpaired) electrons. The van der Waals surface area contributed by atoms with Crippen molar-refractivity contribution in [1.29, 1.82) is 0 Å². The highest BCUT2D eigenvalue weighted by Crippen LogP contribution is 2.29. The predicted octanol–water partition coefficient (Wildman–Crippen LogP) is 5.08. The third-order valence-corrected chi connectivity index (χ3v) is 3.75. The lowest BCUT2D eigenvalue weighted by Gasteiger charge is -2.23. The number of carbonyl (C=O) groups excluding carboxylic acids is 1. The molecule has 0 spiro atoms. The second-order valence-corrected chi connectivity index (χ2v) is 6.97. The minimum atomic E-state index is -0.0343. The van der Waals surface area contributed by atoms with Crippen LogP contribution in [0.5, 0.6) is 0 Å². The molecule has 0 atom stereocenters. The van der Waals surface area contributed by atoms with E-state index in [-0.39, 0.29) is 11.3 Å². The lowest BCUT2D eigenvalue weighted by atomic mass is 9.86. The number of benzene rings is 2. The Balaban J connectivity index is 1.89. The van der Waals surface area contributed by atoms with Gasteiger partial charge >= 0.3 is 0 Å². The molecule has 2 aromatic rings. The zero-order chi connectivity index (χ0) is 16.9. The topological polar surface area (TPSA) is 41.1 Å². The van der Waals surface area contributed by atoms with Crippen molar-refractivity contribution >= 4 is 28.9 Å². The smallest absolute Gasteiger partial charge is 0.226 e. The van der Waals surface area contributed by atoms with Gasteiger partial charge in [0.25, 0.3) is 0 Å². The zero-order valence-electron chi connectivity index (χ0n) is 13.8. The Morgan fingerprint density at radius 3 is 2.52 bits per heavy atom. The average molecular weight is 331 g/mol. The van der Waals surface area contributed by atoms with E-state index in [1.54, 1.807) is 12.1 Å². The highest BCUT2D eigenvalue weighted by Gasteiger charge is 2.17. The summed E-state index contributed by atoms with van der Waals surface area (Å²) < 4.78 is 0. The summed E-state index contributed by atoms with van der Waals surface area (Å²) in [6, 6.07) is 15.4. The molecule has 0 unspecified atom stereocenters. The summed E-state index contributed by atoms with van der Waals surface area (Å²) in [5.74, 6) is -0.0343. The summed E-state index contributed by atoms with van der Waals surface area (Å²) in [6.07, 6.45) is 0.394. The second kappa shape index (κ2) is 7.51. The molecular weight excluding hydrogens is 308 g/mol. The van der Waals surface area contributed by atoms with Gasteiger partial charge in [-0.25, -0.2) is 0 Å². The SMILES string of the molecule is CC(C)(C)c1ccccc1NCCC(=O)Nc1cccc(Cl)c1. The fourth-order valence-corrected chi connectivity index (χ4v) is 2.58. The second-order valence-electron chi connectivity index (χ2n) is 6.53. The summed E-state index contributed by atoms with van der Waals surface area (Å²) in [4.78, 5) is 12.0. The van der Waals surface area contributed by atoms with Crippen molar-refractivity contribution in [2.75, 3.05) is 17.2 Å². The van der Waals surface area contributed by atoms with E-state index < -0.39 is 0 Å². The van der Waals surface area contributed by atoms with Crippen LogP contribution in [0.15, 0.2) is 48.5 Å². The standard InChI is InChI=1S/C19H23ClN2O/c1-19(2,3)16-9-4-5-10-17(16)21-12-11-18(23)22-15-8-6-7-14(20)13-15/h4-10,13,21H,11-12H2,1-3H3,(H,22,23). The van der Waals surface area contributed by atoms with E-state index in [1.807, 2.05) is 24.3 Å². The van der Waals surface area contributed by atoms with E-state index in [1.165, 1.54) is 5.56 Å². The molecule has 2 aromatic carbocycles. The number of hydrogen-bond acceptors (Lipinski definition) is 2. The Morgan fingerprint density at radius 2 is 1.83 bits per heavy atom. The summed E-state index contributed by atoms with van der Waals surface area (Å²) in [7, 11) is 0. The third kappa shape index (κ3) is 5.29. The monoisotopic (exact) mass is 330 g/mol. The van der Waals surface area contributed by atoms with Crippen LogP contribution in [0.4, 0.5) is 11.4 Å². The molecule has 2 N–H and O–H groups in total. The van der Waals surface area contributed by atoms with Crippen LogP contribution in [0.2, 0.25) is 5.02 Å². The molecule has 0 saturated heterocycles. The maximum absolute atomic E-state index is 12.0. The quantitative estimate of drug-likeness (QED) is 0.802. The van der Waals surface area contributed by atoms with Crippen LogP contribution < -0.4 is 10.6 Å². The fraction of sp³-hybridized carbons (Fsp3) is 0.316. The summed E-state index contributed by atoms with van der Waals surface area (Å²) in [5.41, 5.74) is 3.11. The number of nitrogens with one attached hydrogen (secondary N) is 2. The number of rotatable bonds is 5. The molecule has 0 aliphatic heterocycles. The maximum Gasteiger partial charge on any atom is 0.226 e. The Labute approximate surface area is 143 Å². The summed E-state index contributed by atoms with van der Waals surface area (Å²) >= 11 is 5.91. The Hall–Kier alpha value is -2.00. The lowest BCUT2D eigenvalue weighted by molar-refractivity contribution is -0.115. The van der Waals surface area contributed by atoms with Crippen molar-refractivity contribution in [3.05, 3.63) is 59.1 Å². The lowest BCUT2D eigenvalue weighted by Crippen LogP contribution is -2.19. The first-order valence-electron chi connectivity index (χ1n) is 7.75. The first kappa shape index (κ1) is 17.4. The molecule has 0 aliphatic rings. The minimum absolute atomic E-state index is 0.0343. The van der Waals surface area contributed by atoms with Crippen LogP contribution in [0, 0.1) is 0 Å². The van der Waals surface area contributed by atoms with Gasteiger partial charge in [0.05, 0.1) is 0 Å². The van der Waals surface area contributed by atoms with Gasteiger partial charge in [0.2, 0.25) is 5.91 Å². The molecule has 0 aliphatic carbocycles. The van der Waals surface area contributed by atoms with Crippen molar-refractivity contribution in [2.24, 2.45) is 0 Å². The molecule has 0 bridgehead atoms. The predicted molar refractivity (Wildman–Crippen MR) is 98.3 cm³/mol. The molecule has 0 saturated carbocycles. The Bertz CT molecular complexity index is 677. The van der Waals surface area contributed by atoms with Crippen LogP contribution in [0.1, 0.15) is 32.8 Å². The number of carbonyl (C=O) groups is 1. The van der Waals surface area contributed by atoms with Crippen LogP contribution in [0.3, 0.4) is 0 Å². The van der Waals surface area contributed by atoms with E-state index in [0.717, 1.165) is 11.4 Å². The molecule has 0 aromatic heterocycles. The number of halogens is 1. The number of para-hydroxylation sites is 1. The largest absolute Gasteiger partial charge is 0.384 e. The van der Waals surface area contributed by atoms with Crippen molar-refractivity contribution in [3.63, 3.8) is 0 Å². The first-order chi connectivity index (χ1) is 10.9. The summed E-state index contributed by atoms with van der Waals surface area (Å²) in [5, 5.41) is 6.82. The molecule has 0 heterocycles. The number of amides is 1. The van der Waals surface area contributed by atoms with Gasteiger partial charge < -0.3 is 10.6 Å². The summed E-state index contributed by atoms with van der Waals surface area (Å²) in [6.45, 7) is 7.12. The normalized spacial score (nSPS) is 11.1. The van der Waals surface area contributed by atoms with Gasteiger partial charge in [-0.15, -0.1) is 0 Å². The minimum Gasteiger partial charge on any atom is -0.384 e. The zero-order valence-corrected chi connectivity index (χ0v) is 14.6. The van der Waals surface area contributed by atoms with Crippen molar-refractivity contribution in [1.82, 2.24) is 0 Å². The fourth-order valence-electron chi connectivity index (χ4n) is 2.39. The maximum atomic E-state index is 12.0. The van der Waals surface area contributed by atoms with Gasteiger partial charge in [-0.05, 0) is 35.2 Å². The molecule has 4 heteroatoms. The molecular formula is C19H23ClN2O. The van der Waals surface area contributed by atoms with Gasteiger partial charge in [-0.3, -0.25) is 4.79 Å².